The van der Waals surface area contributed by atoms with E-state index in [1.54, 1.807) is 0 Å². The van der Waals surface area contributed by atoms with Gasteiger partial charge in [0, 0.05) is 17.9 Å². The first-order valence-electron chi connectivity index (χ1n) is 2.54. The van der Waals surface area contributed by atoms with Crippen molar-refractivity contribution in [3.05, 3.63) is 17.7 Å². The van der Waals surface area contributed by atoms with Crippen LogP contribution in [0.5, 0.6) is 0 Å². The fraction of sp³-hybridized carbons (Fsp3) is 0. The molecule has 52 valence electrons. The van der Waals surface area contributed by atoms with Crippen molar-refractivity contribution >= 4 is 24.2 Å². The van der Waals surface area contributed by atoms with Gasteiger partial charge >= 0.3 is 7.12 Å². The molecule has 0 saturated heterocycles. The molecule has 0 spiro atoms. The highest BCUT2D eigenvalue weighted by molar-refractivity contribution is 6.58. The van der Waals surface area contributed by atoms with Crippen LogP contribution in [0.2, 0.25) is 5.28 Å². The van der Waals surface area contributed by atoms with Crippen LogP contribution in [0.1, 0.15) is 0 Å². The van der Waals surface area contributed by atoms with E-state index in [2.05, 4.69) is 9.97 Å². The lowest BCUT2D eigenvalue weighted by Crippen LogP contribution is -2.30. The third-order valence-corrected chi connectivity index (χ3v) is 1.13. The van der Waals surface area contributed by atoms with Gasteiger partial charge in [0.25, 0.3) is 0 Å². The Morgan fingerprint density at radius 2 is 1.90 bits per heavy atom. The summed E-state index contributed by atoms with van der Waals surface area (Å²) in [6.45, 7) is 0. The molecule has 0 aromatic carbocycles. The molecule has 0 aliphatic rings. The third kappa shape index (κ3) is 1.67. The fourth-order valence-corrected chi connectivity index (χ4v) is 0.553. The minimum absolute atomic E-state index is 0.0874. The van der Waals surface area contributed by atoms with E-state index >= 15 is 0 Å². The lowest BCUT2D eigenvalue weighted by Gasteiger charge is -1.94. The quantitative estimate of drug-likeness (QED) is 0.400. The first-order chi connectivity index (χ1) is 4.70. The molecule has 0 saturated carbocycles. The van der Waals surface area contributed by atoms with Gasteiger partial charge in [-0.1, -0.05) is 0 Å². The second kappa shape index (κ2) is 2.96. The third-order valence-electron chi connectivity index (χ3n) is 0.938. The number of hydrogen-bond acceptors (Lipinski definition) is 4. The average Bonchev–Trinajstić information content (AvgIpc) is 1.88. The molecule has 4 nitrogen and oxygen atoms in total. The molecule has 1 aromatic rings. The molecule has 10 heavy (non-hydrogen) atoms. The summed E-state index contributed by atoms with van der Waals surface area (Å²) in [6.07, 6.45) is 2.50. The highest BCUT2D eigenvalue weighted by Gasteiger charge is 2.10. The predicted molar refractivity (Wildman–Crippen MR) is 36.9 cm³/mol. The monoisotopic (exact) mass is 160 g/mol. The summed E-state index contributed by atoms with van der Waals surface area (Å²) in [5.41, 5.74) is 0.226. The van der Waals surface area contributed by atoms with Gasteiger partial charge in [-0.3, -0.25) is 0 Å². The summed E-state index contributed by atoms with van der Waals surface area (Å²) >= 11 is 5.33. The number of hydrogen-bond donors (Lipinski definition) is 2. The van der Waals surface area contributed by atoms with Gasteiger partial charge in [-0.15, -0.1) is 0 Å². The van der Waals surface area contributed by atoms with Crippen LogP contribution < -0.4 is 5.46 Å². The van der Waals surface area contributed by atoms with Gasteiger partial charge in [0.05, 0.1) is 0 Å². The molecule has 0 bridgehead atoms. The maximum Gasteiger partial charge on any atom is 0.491 e. The van der Waals surface area contributed by atoms with E-state index in [0.717, 1.165) is 0 Å². The Balaban J connectivity index is 2.89. The van der Waals surface area contributed by atoms with Gasteiger partial charge in [-0.05, 0) is 11.6 Å². The first kappa shape index (κ1) is 7.46. The van der Waals surface area contributed by atoms with E-state index in [1.807, 2.05) is 0 Å². The van der Waals surface area contributed by atoms with Crippen molar-refractivity contribution in [2.24, 2.45) is 0 Å². The summed E-state index contributed by atoms with van der Waals surface area (Å²) in [5.74, 6) is 0. The molecule has 0 amide bonds. The van der Waals surface area contributed by atoms with Crippen molar-refractivity contribution in [3.8, 4) is 0 Å². The second-order valence-electron chi connectivity index (χ2n) is 1.66. The van der Waals surface area contributed by atoms with E-state index in [0.29, 0.717) is 0 Å². The normalized spacial score (nSPS) is 9.50. The number of halogens is 1. The predicted octanol–water partition coefficient (Wildman–Crippen LogP) is -1.19. The van der Waals surface area contributed by atoms with Gasteiger partial charge in [0.2, 0.25) is 5.28 Å². The Bertz CT molecular complexity index is 215. The van der Waals surface area contributed by atoms with Crippen LogP contribution in [0.4, 0.5) is 0 Å². The molecule has 0 unspecified atom stereocenters. The largest absolute Gasteiger partial charge is 0.491 e. The van der Waals surface area contributed by atoms with Crippen molar-refractivity contribution in [3.63, 3.8) is 0 Å². The van der Waals surface area contributed by atoms with Crippen LogP contribution in [-0.2, 0) is 0 Å². The summed E-state index contributed by atoms with van der Waals surface area (Å²) < 4.78 is 0. The van der Waals surface area contributed by atoms with Crippen molar-refractivity contribution in [1.29, 1.82) is 0 Å². The van der Waals surface area contributed by atoms with Crippen LogP contribution in [0.15, 0.2) is 12.4 Å². The van der Waals surface area contributed by atoms with E-state index in [9.17, 15) is 0 Å². The zero-order valence-corrected chi connectivity index (χ0v) is 5.65. The lowest BCUT2D eigenvalue weighted by atomic mass is 9.83. The van der Waals surface area contributed by atoms with Crippen LogP contribution in [-0.4, -0.2) is 27.1 Å². The van der Waals surface area contributed by atoms with Crippen molar-refractivity contribution < 1.29 is 10.0 Å². The fourth-order valence-electron chi connectivity index (χ4n) is 0.456. The van der Waals surface area contributed by atoms with Crippen LogP contribution in [0, 0.1) is 0 Å². The summed E-state index contributed by atoms with van der Waals surface area (Å²) in [5, 5.41) is 17.2. The SMILES string of the molecule is OB(O)c1cn[14c](Cl)nc1. The van der Waals surface area contributed by atoms with Crippen LogP contribution >= 0.6 is 11.6 Å². The molecular formula is C4H4BClN2O2. The second-order valence-corrected chi connectivity index (χ2v) is 2.00. The molecule has 0 aliphatic heterocycles. The summed E-state index contributed by atoms with van der Waals surface area (Å²) in [7, 11) is -1.53. The molecule has 1 aromatic heterocycles. The van der Waals surface area contributed by atoms with Crippen molar-refractivity contribution in [2.45, 2.75) is 0 Å². The lowest BCUT2D eigenvalue weighted by molar-refractivity contribution is 0.425. The summed E-state index contributed by atoms with van der Waals surface area (Å²) in [6, 6.07) is 0. The number of aromatic nitrogens is 2. The maximum atomic E-state index is 8.55. The van der Waals surface area contributed by atoms with Gasteiger partial charge in [-0.25, -0.2) is 9.97 Å². The Hall–Kier alpha value is -0.645. The molecular weight excluding hydrogens is 156 g/mol. The van der Waals surface area contributed by atoms with Crippen molar-refractivity contribution in [2.75, 3.05) is 0 Å². The molecule has 2 N–H and O–H groups in total. The Kier molecular flexibility index (Phi) is 2.21. The number of rotatable bonds is 1. The van der Waals surface area contributed by atoms with E-state index in [1.165, 1.54) is 12.4 Å². The molecule has 1 heterocycles. The topological polar surface area (TPSA) is 66.2 Å². The Labute approximate surface area is 62.7 Å². The Morgan fingerprint density at radius 1 is 1.40 bits per heavy atom. The van der Waals surface area contributed by atoms with E-state index in [-0.39, 0.29) is 10.7 Å². The van der Waals surface area contributed by atoms with Gasteiger partial charge < -0.3 is 10.0 Å². The zero-order chi connectivity index (χ0) is 7.56. The number of nitrogens with zero attached hydrogens (tertiary/aromatic N) is 2. The zero-order valence-electron chi connectivity index (χ0n) is 4.90. The first-order valence-corrected chi connectivity index (χ1v) is 2.91. The molecule has 6 heteroatoms. The smallest absolute Gasteiger partial charge is 0.423 e. The van der Waals surface area contributed by atoms with E-state index in [4.69, 9.17) is 21.6 Å². The standard InChI is InChI=1S/C4H4BClN2O2/c6-4-7-1-3(2-8-4)5(9)10/h1-2,9-10H/i4+2. The highest BCUT2D eigenvalue weighted by Crippen LogP contribution is 1.92. The molecule has 0 atom stereocenters. The van der Waals surface area contributed by atoms with E-state index < -0.39 is 7.12 Å². The van der Waals surface area contributed by atoms with Crippen LogP contribution in [0.25, 0.3) is 0 Å². The Morgan fingerprint density at radius 3 is 2.30 bits per heavy atom. The minimum Gasteiger partial charge on any atom is -0.423 e. The molecule has 0 fully saturated rings. The molecule has 0 aliphatic carbocycles. The maximum absolute atomic E-state index is 8.55. The van der Waals surface area contributed by atoms with Gasteiger partial charge in [-0.2, -0.15) is 0 Å². The minimum atomic E-state index is -1.53. The molecule has 1 rings (SSSR count). The van der Waals surface area contributed by atoms with Gasteiger partial charge in [0.1, 0.15) is 0 Å². The molecule has 0 radical (unpaired) electrons. The van der Waals surface area contributed by atoms with Crippen molar-refractivity contribution in [1.82, 2.24) is 9.97 Å². The highest BCUT2D eigenvalue weighted by atomic mass is 35.5. The average molecular weight is 160 g/mol. The summed E-state index contributed by atoms with van der Waals surface area (Å²) in [4.78, 5) is 7.07. The van der Waals surface area contributed by atoms with Gasteiger partial charge in [0.15, 0.2) is 0 Å². The van der Waals surface area contributed by atoms with Crippen LogP contribution in [0.3, 0.4) is 0 Å².